The standard InChI is InChI=1S/C20H19ClO4/c21-17-3-1-2-16-15(17)8-9-18(16)25-14-6-4-13(5-7-14)20(10-19(22)23)11-24-12-20/h1-7,18H,8-12H2,(H,22,23). The van der Waals surface area contributed by atoms with Gasteiger partial charge in [-0.25, -0.2) is 0 Å². The Morgan fingerprint density at radius 3 is 2.64 bits per heavy atom. The lowest BCUT2D eigenvalue weighted by Crippen LogP contribution is -2.48. The van der Waals surface area contributed by atoms with Crippen molar-refractivity contribution in [1.82, 2.24) is 0 Å². The molecule has 0 aromatic heterocycles. The van der Waals surface area contributed by atoms with Crippen molar-refractivity contribution in [3.8, 4) is 5.75 Å². The molecular weight excluding hydrogens is 340 g/mol. The summed E-state index contributed by atoms with van der Waals surface area (Å²) in [7, 11) is 0. The molecule has 1 aliphatic carbocycles. The predicted molar refractivity (Wildman–Crippen MR) is 94.3 cm³/mol. The van der Waals surface area contributed by atoms with Crippen LogP contribution in [0.5, 0.6) is 5.75 Å². The number of carbonyl (C=O) groups is 1. The molecule has 0 spiro atoms. The molecule has 1 aliphatic heterocycles. The van der Waals surface area contributed by atoms with E-state index < -0.39 is 11.4 Å². The molecule has 1 unspecified atom stereocenters. The predicted octanol–water partition coefficient (Wildman–Crippen LogP) is 4.15. The lowest BCUT2D eigenvalue weighted by Gasteiger charge is -2.40. The van der Waals surface area contributed by atoms with Gasteiger partial charge in [0.05, 0.1) is 25.0 Å². The van der Waals surface area contributed by atoms with Gasteiger partial charge in [0.1, 0.15) is 11.9 Å². The van der Waals surface area contributed by atoms with E-state index in [0.717, 1.165) is 34.7 Å². The van der Waals surface area contributed by atoms with Crippen LogP contribution in [0.15, 0.2) is 42.5 Å². The number of aliphatic carboxylic acids is 1. The average Bonchev–Trinajstić information content (AvgIpc) is 2.96. The minimum absolute atomic E-state index is 0.0135. The van der Waals surface area contributed by atoms with E-state index in [4.69, 9.17) is 26.2 Å². The number of carboxylic acids is 1. The van der Waals surface area contributed by atoms with E-state index in [1.807, 2.05) is 36.4 Å². The van der Waals surface area contributed by atoms with Crippen LogP contribution >= 0.6 is 11.6 Å². The molecule has 25 heavy (non-hydrogen) atoms. The highest BCUT2D eigenvalue weighted by molar-refractivity contribution is 6.31. The molecule has 2 aromatic carbocycles. The highest BCUT2D eigenvalue weighted by Gasteiger charge is 2.42. The minimum Gasteiger partial charge on any atom is -0.486 e. The van der Waals surface area contributed by atoms with Crippen LogP contribution in [0, 0.1) is 0 Å². The quantitative estimate of drug-likeness (QED) is 0.872. The summed E-state index contributed by atoms with van der Waals surface area (Å²) in [5, 5.41) is 9.95. The number of benzene rings is 2. The van der Waals surface area contributed by atoms with Gasteiger partial charge in [0, 0.05) is 5.02 Å². The summed E-state index contributed by atoms with van der Waals surface area (Å²) < 4.78 is 11.4. The summed E-state index contributed by atoms with van der Waals surface area (Å²) >= 11 is 6.26. The average molecular weight is 359 g/mol. The summed E-state index contributed by atoms with van der Waals surface area (Å²) in [6.07, 6.45) is 1.94. The number of hydrogen-bond acceptors (Lipinski definition) is 3. The molecule has 1 fully saturated rings. The number of halogens is 1. The highest BCUT2D eigenvalue weighted by Crippen LogP contribution is 2.40. The van der Waals surface area contributed by atoms with E-state index in [1.165, 1.54) is 5.56 Å². The fourth-order valence-electron chi connectivity index (χ4n) is 3.75. The first-order chi connectivity index (χ1) is 12.1. The van der Waals surface area contributed by atoms with Crippen LogP contribution in [0.2, 0.25) is 5.02 Å². The Labute approximate surface area is 151 Å². The first-order valence-electron chi connectivity index (χ1n) is 8.41. The molecule has 0 bridgehead atoms. The number of ether oxygens (including phenoxy) is 2. The molecule has 2 aromatic rings. The molecule has 4 rings (SSSR count). The van der Waals surface area contributed by atoms with E-state index in [9.17, 15) is 4.79 Å². The van der Waals surface area contributed by atoms with E-state index in [2.05, 4.69) is 6.07 Å². The van der Waals surface area contributed by atoms with Gasteiger partial charge in [-0.2, -0.15) is 0 Å². The Morgan fingerprint density at radius 2 is 2.00 bits per heavy atom. The Kier molecular flexibility index (Phi) is 4.18. The third kappa shape index (κ3) is 3.00. The highest BCUT2D eigenvalue weighted by atomic mass is 35.5. The molecule has 0 radical (unpaired) electrons. The third-order valence-corrected chi connectivity index (χ3v) is 5.50. The summed E-state index contributed by atoms with van der Waals surface area (Å²) in [6.45, 7) is 0.905. The molecule has 1 N–H and O–H groups in total. The van der Waals surface area contributed by atoms with E-state index in [0.29, 0.717) is 13.2 Å². The summed E-state index contributed by atoms with van der Waals surface area (Å²) in [5.74, 6) is -0.0182. The first kappa shape index (κ1) is 16.4. The van der Waals surface area contributed by atoms with Gasteiger partial charge in [0.15, 0.2) is 0 Å². The second-order valence-electron chi connectivity index (χ2n) is 6.82. The van der Waals surface area contributed by atoms with Gasteiger partial charge in [0.2, 0.25) is 0 Å². The normalized spacial score (nSPS) is 20.6. The van der Waals surface area contributed by atoms with Crippen molar-refractivity contribution in [2.75, 3.05) is 13.2 Å². The van der Waals surface area contributed by atoms with E-state index in [1.54, 1.807) is 0 Å². The van der Waals surface area contributed by atoms with Crippen molar-refractivity contribution in [3.05, 3.63) is 64.2 Å². The third-order valence-electron chi connectivity index (χ3n) is 5.15. The van der Waals surface area contributed by atoms with Gasteiger partial charge in [-0.05, 0) is 47.7 Å². The van der Waals surface area contributed by atoms with Crippen molar-refractivity contribution in [1.29, 1.82) is 0 Å². The Hall–Kier alpha value is -2.04. The monoisotopic (exact) mass is 358 g/mol. The van der Waals surface area contributed by atoms with Crippen LogP contribution in [0.1, 0.15) is 35.6 Å². The van der Waals surface area contributed by atoms with Crippen LogP contribution in [0.25, 0.3) is 0 Å². The zero-order valence-electron chi connectivity index (χ0n) is 13.7. The minimum atomic E-state index is -0.803. The topological polar surface area (TPSA) is 55.8 Å². The van der Waals surface area contributed by atoms with Crippen LogP contribution < -0.4 is 4.74 Å². The molecule has 5 heteroatoms. The molecule has 130 valence electrons. The smallest absolute Gasteiger partial charge is 0.304 e. The van der Waals surface area contributed by atoms with E-state index in [-0.39, 0.29) is 12.5 Å². The lowest BCUT2D eigenvalue weighted by atomic mass is 9.76. The molecular formula is C20H19ClO4. The van der Waals surface area contributed by atoms with Crippen molar-refractivity contribution in [2.45, 2.75) is 30.8 Å². The zero-order valence-corrected chi connectivity index (χ0v) is 14.5. The zero-order chi connectivity index (χ0) is 17.4. The van der Waals surface area contributed by atoms with Gasteiger partial charge in [0.25, 0.3) is 0 Å². The summed E-state index contributed by atoms with van der Waals surface area (Å²) in [5.41, 5.74) is 2.92. The van der Waals surface area contributed by atoms with Crippen molar-refractivity contribution in [3.63, 3.8) is 0 Å². The van der Waals surface area contributed by atoms with Gasteiger partial charge < -0.3 is 14.6 Å². The maximum Gasteiger partial charge on any atom is 0.304 e. The molecule has 0 amide bonds. The molecule has 1 heterocycles. The lowest BCUT2D eigenvalue weighted by molar-refractivity contribution is -0.145. The molecule has 0 saturated carbocycles. The van der Waals surface area contributed by atoms with Gasteiger partial charge >= 0.3 is 5.97 Å². The van der Waals surface area contributed by atoms with Crippen LogP contribution in [-0.4, -0.2) is 24.3 Å². The van der Waals surface area contributed by atoms with Gasteiger partial charge in [-0.15, -0.1) is 0 Å². The molecule has 2 aliphatic rings. The van der Waals surface area contributed by atoms with Crippen LogP contribution in [0.4, 0.5) is 0 Å². The molecule has 1 saturated heterocycles. The maximum absolute atomic E-state index is 11.1. The SMILES string of the molecule is O=C(O)CC1(c2ccc(OC3CCc4c(Cl)cccc43)cc2)COC1. The van der Waals surface area contributed by atoms with Crippen LogP contribution in [-0.2, 0) is 21.4 Å². The number of rotatable bonds is 5. The fraction of sp³-hybridized carbons (Fsp3) is 0.350. The Bertz CT molecular complexity index is 796. The number of hydrogen-bond donors (Lipinski definition) is 1. The number of carboxylic acid groups (broad SMARTS) is 1. The van der Waals surface area contributed by atoms with Gasteiger partial charge in [-0.1, -0.05) is 35.9 Å². The second kappa shape index (κ2) is 6.36. The Balaban J connectivity index is 1.51. The first-order valence-corrected chi connectivity index (χ1v) is 8.79. The molecule has 4 nitrogen and oxygen atoms in total. The summed E-state index contributed by atoms with van der Waals surface area (Å²) in [6, 6.07) is 13.7. The fourth-order valence-corrected chi connectivity index (χ4v) is 4.03. The largest absolute Gasteiger partial charge is 0.486 e. The van der Waals surface area contributed by atoms with Gasteiger partial charge in [-0.3, -0.25) is 4.79 Å². The van der Waals surface area contributed by atoms with Crippen molar-refractivity contribution < 1.29 is 19.4 Å². The van der Waals surface area contributed by atoms with E-state index >= 15 is 0 Å². The van der Waals surface area contributed by atoms with Crippen molar-refractivity contribution in [2.24, 2.45) is 0 Å². The second-order valence-corrected chi connectivity index (χ2v) is 7.23. The summed E-state index contributed by atoms with van der Waals surface area (Å²) in [4.78, 5) is 11.1. The Morgan fingerprint density at radius 1 is 1.24 bits per heavy atom. The molecule has 1 atom stereocenters. The van der Waals surface area contributed by atoms with Crippen molar-refractivity contribution >= 4 is 17.6 Å². The maximum atomic E-state index is 11.1. The number of fused-ring (bicyclic) bond motifs is 1. The van der Waals surface area contributed by atoms with Crippen LogP contribution in [0.3, 0.4) is 0 Å².